The van der Waals surface area contributed by atoms with Gasteiger partial charge in [0.1, 0.15) is 29.3 Å². The van der Waals surface area contributed by atoms with Crippen LogP contribution in [-0.2, 0) is 6.54 Å². The topological polar surface area (TPSA) is 89.3 Å². The Hall–Kier alpha value is -3.36. The highest BCUT2D eigenvalue weighted by Gasteiger charge is 2.16. The van der Waals surface area contributed by atoms with Crippen LogP contribution in [0.25, 0.3) is 22.2 Å². The van der Waals surface area contributed by atoms with Crippen LogP contribution in [0.1, 0.15) is 23.0 Å². The van der Waals surface area contributed by atoms with E-state index < -0.39 is 11.8 Å². The molecule has 0 aliphatic heterocycles. The summed E-state index contributed by atoms with van der Waals surface area (Å²) in [6.45, 7) is 5.09. The Morgan fingerprint density at radius 2 is 2.00 bits per heavy atom. The van der Waals surface area contributed by atoms with Crippen LogP contribution >= 0.6 is 23.2 Å². The second-order valence-electron chi connectivity index (χ2n) is 7.52. The molecular formula is C24H21Cl2FN4O3. The minimum absolute atomic E-state index is 0.0509. The lowest BCUT2D eigenvalue weighted by atomic mass is 10.1. The summed E-state index contributed by atoms with van der Waals surface area (Å²) in [5.41, 5.74) is 2.98. The second kappa shape index (κ2) is 9.87. The van der Waals surface area contributed by atoms with Crippen molar-refractivity contribution in [1.29, 1.82) is 0 Å². The summed E-state index contributed by atoms with van der Waals surface area (Å²) in [5, 5.41) is 13.5. The van der Waals surface area contributed by atoms with Gasteiger partial charge in [-0.15, -0.1) is 0 Å². The molecule has 0 amide bonds. The fourth-order valence-corrected chi connectivity index (χ4v) is 4.30. The van der Waals surface area contributed by atoms with Gasteiger partial charge in [-0.1, -0.05) is 29.3 Å². The van der Waals surface area contributed by atoms with E-state index in [0.29, 0.717) is 52.7 Å². The number of carboxylic acid groups (broad SMARTS) is 1. The lowest BCUT2D eigenvalue weighted by Crippen LogP contribution is -2.12. The van der Waals surface area contributed by atoms with E-state index in [1.165, 1.54) is 18.5 Å². The Balaban J connectivity index is 1.54. The molecular weight excluding hydrogens is 482 g/mol. The molecule has 4 aromatic rings. The van der Waals surface area contributed by atoms with Crippen molar-refractivity contribution >= 4 is 45.9 Å². The zero-order valence-corrected chi connectivity index (χ0v) is 19.9. The molecule has 0 fully saturated rings. The van der Waals surface area contributed by atoms with Crippen LogP contribution < -0.4 is 10.1 Å². The molecule has 4 rings (SSSR count). The van der Waals surface area contributed by atoms with Crippen LogP contribution in [0, 0.1) is 12.7 Å². The molecule has 2 heterocycles. The van der Waals surface area contributed by atoms with Crippen molar-refractivity contribution in [3.63, 3.8) is 0 Å². The first-order chi connectivity index (χ1) is 16.3. The number of fused-ring (bicyclic) bond motifs is 1. The fraction of sp³-hybridized carbons (Fsp3) is 0.208. The van der Waals surface area contributed by atoms with E-state index in [2.05, 4.69) is 15.3 Å². The van der Waals surface area contributed by atoms with Crippen molar-refractivity contribution in [3.05, 3.63) is 69.8 Å². The van der Waals surface area contributed by atoms with Crippen LogP contribution in [0.15, 0.2) is 42.7 Å². The molecule has 176 valence electrons. The van der Waals surface area contributed by atoms with Gasteiger partial charge in [-0.2, -0.15) is 0 Å². The number of hydrogen-bond donors (Lipinski definition) is 2. The predicted molar refractivity (Wildman–Crippen MR) is 131 cm³/mol. The quantitative estimate of drug-likeness (QED) is 0.284. The fourth-order valence-electron chi connectivity index (χ4n) is 3.80. The van der Waals surface area contributed by atoms with Gasteiger partial charge in [0.25, 0.3) is 0 Å². The minimum Gasteiger partial charge on any atom is -0.493 e. The predicted octanol–water partition coefficient (Wildman–Crippen LogP) is 6.06. The van der Waals surface area contributed by atoms with E-state index >= 15 is 0 Å². The van der Waals surface area contributed by atoms with Gasteiger partial charge in [0.05, 0.1) is 27.9 Å². The molecule has 0 atom stereocenters. The molecule has 10 heteroatoms. The number of aromatic nitrogens is 3. The number of nitrogens with zero attached hydrogens (tertiary/aromatic N) is 3. The molecule has 2 aromatic carbocycles. The molecule has 0 saturated heterocycles. The first-order valence-electron chi connectivity index (χ1n) is 10.5. The number of carboxylic acids is 1. The number of aromatic carboxylic acids is 1. The standard InChI is InChI=1S/C24H21Cl2FN4O3/c1-3-34-20-9-14(4-5-15(20)24(32)33)19-11-21(30-12-29-19)28-6-7-31-13(2)8-16-22(26)18(27)10-17(25)23(16)31/h4-5,8-12H,3,6-7H2,1-2H3,(H,32,33)(H,28,29,30). The Kier molecular flexibility index (Phi) is 6.90. The maximum atomic E-state index is 13.9. The summed E-state index contributed by atoms with van der Waals surface area (Å²) in [6.07, 6.45) is 1.43. The van der Waals surface area contributed by atoms with Gasteiger partial charge in [0.15, 0.2) is 0 Å². The van der Waals surface area contributed by atoms with Crippen LogP contribution in [-0.4, -0.2) is 38.8 Å². The van der Waals surface area contributed by atoms with Gasteiger partial charge in [-0.3, -0.25) is 0 Å². The van der Waals surface area contributed by atoms with Gasteiger partial charge < -0.3 is 19.7 Å². The van der Waals surface area contributed by atoms with Crippen LogP contribution in [0.5, 0.6) is 5.75 Å². The summed E-state index contributed by atoms with van der Waals surface area (Å²) < 4.78 is 21.4. The molecule has 2 N–H and O–H groups in total. The normalized spacial score (nSPS) is 11.1. The lowest BCUT2D eigenvalue weighted by molar-refractivity contribution is 0.0692. The molecule has 0 radical (unpaired) electrons. The summed E-state index contributed by atoms with van der Waals surface area (Å²) in [4.78, 5) is 20.0. The zero-order valence-electron chi connectivity index (χ0n) is 18.4. The number of nitrogens with one attached hydrogen (secondary N) is 1. The second-order valence-corrected chi connectivity index (χ2v) is 8.30. The molecule has 2 aromatic heterocycles. The molecule has 0 spiro atoms. The van der Waals surface area contributed by atoms with Crippen molar-refractivity contribution < 1.29 is 19.0 Å². The number of ether oxygens (including phenoxy) is 1. The average Bonchev–Trinajstić information content (AvgIpc) is 3.14. The van der Waals surface area contributed by atoms with Crippen molar-refractivity contribution in [2.45, 2.75) is 20.4 Å². The summed E-state index contributed by atoms with van der Waals surface area (Å²) in [5.74, 6) is -0.735. The van der Waals surface area contributed by atoms with Crippen LogP contribution in [0.4, 0.5) is 10.2 Å². The Morgan fingerprint density at radius 3 is 2.74 bits per heavy atom. The Bertz CT molecular complexity index is 1390. The largest absolute Gasteiger partial charge is 0.493 e. The highest BCUT2D eigenvalue weighted by atomic mass is 35.5. The lowest BCUT2D eigenvalue weighted by Gasteiger charge is -2.12. The minimum atomic E-state index is -1.06. The smallest absolute Gasteiger partial charge is 0.339 e. The number of anilines is 1. The van der Waals surface area contributed by atoms with Gasteiger partial charge in [-0.25, -0.2) is 19.2 Å². The van der Waals surface area contributed by atoms with E-state index in [4.69, 9.17) is 27.9 Å². The summed E-state index contributed by atoms with van der Waals surface area (Å²) in [6, 6.07) is 9.63. The van der Waals surface area contributed by atoms with Gasteiger partial charge >= 0.3 is 5.97 Å². The number of hydrogen-bond acceptors (Lipinski definition) is 5. The van der Waals surface area contributed by atoms with Crippen molar-refractivity contribution in [1.82, 2.24) is 14.5 Å². The molecule has 0 saturated carbocycles. The van der Waals surface area contributed by atoms with Crippen molar-refractivity contribution in [2.75, 3.05) is 18.5 Å². The van der Waals surface area contributed by atoms with E-state index in [1.807, 2.05) is 17.6 Å². The Labute approximate surface area is 205 Å². The maximum Gasteiger partial charge on any atom is 0.339 e. The van der Waals surface area contributed by atoms with Crippen molar-refractivity contribution in [2.24, 2.45) is 0 Å². The third-order valence-corrected chi connectivity index (χ3v) is 6.02. The number of aryl methyl sites for hydroxylation is 1. The third-order valence-electron chi connectivity index (χ3n) is 5.35. The molecule has 34 heavy (non-hydrogen) atoms. The molecule has 0 aliphatic carbocycles. The third kappa shape index (κ3) is 4.64. The summed E-state index contributed by atoms with van der Waals surface area (Å²) >= 11 is 12.4. The average molecular weight is 503 g/mol. The van der Waals surface area contributed by atoms with Gasteiger partial charge in [0, 0.05) is 35.8 Å². The van der Waals surface area contributed by atoms with E-state index in [0.717, 1.165) is 5.69 Å². The monoisotopic (exact) mass is 502 g/mol. The molecule has 0 bridgehead atoms. The van der Waals surface area contributed by atoms with E-state index in [1.54, 1.807) is 25.1 Å². The first kappa shape index (κ1) is 23.8. The van der Waals surface area contributed by atoms with Gasteiger partial charge in [-0.05, 0) is 38.1 Å². The molecule has 0 aliphatic rings. The Morgan fingerprint density at radius 1 is 1.21 bits per heavy atom. The maximum absolute atomic E-state index is 13.9. The van der Waals surface area contributed by atoms with E-state index in [9.17, 15) is 14.3 Å². The highest BCUT2D eigenvalue weighted by Crippen LogP contribution is 2.34. The van der Waals surface area contributed by atoms with Crippen LogP contribution in [0.2, 0.25) is 10.0 Å². The summed E-state index contributed by atoms with van der Waals surface area (Å²) in [7, 11) is 0. The van der Waals surface area contributed by atoms with Crippen molar-refractivity contribution in [3.8, 4) is 17.0 Å². The molecule has 0 unspecified atom stereocenters. The number of benzene rings is 2. The number of halogens is 3. The number of carbonyl (C=O) groups is 1. The molecule has 7 nitrogen and oxygen atoms in total. The van der Waals surface area contributed by atoms with E-state index in [-0.39, 0.29) is 16.3 Å². The SMILES string of the molecule is CCOc1cc(-c2cc(NCCn3c(C)cc4c(Cl)c(F)cc(Cl)c43)ncn2)ccc1C(=O)O. The number of rotatable bonds is 8. The van der Waals surface area contributed by atoms with Gasteiger partial charge in [0.2, 0.25) is 0 Å². The first-order valence-corrected chi connectivity index (χ1v) is 11.3. The zero-order chi connectivity index (χ0) is 24.4. The highest BCUT2D eigenvalue weighted by molar-refractivity contribution is 6.40. The van der Waals surface area contributed by atoms with Crippen LogP contribution in [0.3, 0.4) is 0 Å².